The van der Waals surface area contributed by atoms with E-state index < -0.39 is 5.97 Å². The molecule has 148 valence electrons. The van der Waals surface area contributed by atoms with Gasteiger partial charge in [0.25, 0.3) is 0 Å². The number of esters is 1. The van der Waals surface area contributed by atoms with Crippen LogP contribution in [0.2, 0.25) is 0 Å². The molecule has 0 aliphatic heterocycles. The molecule has 0 atom stereocenters. The third kappa shape index (κ3) is 4.90. The van der Waals surface area contributed by atoms with Crippen LogP contribution in [-0.4, -0.2) is 20.9 Å². The standard InChI is InChI=1S/C24H19N3O2S/c1-17(28)29-21-15-9-8-14-20(21)23-25-22(19-12-6-3-7-13-19)26-24(27-23)30-16-18-10-4-2-5-11-18/h2-15H,16H2,1H3. The first kappa shape index (κ1) is 19.8. The van der Waals surface area contributed by atoms with Crippen LogP contribution >= 0.6 is 11.8 Å². The Morgan fingerprint density at radius 3 is 2.17 bits per heavy atom. The summed E-state index contributed by atoms with van der Waals surface area (Å²) in [4.78, 5) is 25.5. The SMILES string of the molecule is CC(=O)Oc1ccccc1-c1nc(SCc2ccccc2)nc(-c2ccccc2)n1. The zero-order valence-corrected chi connectivity index (χ0v) is 17.2. The number of benzene rings is 3. The molecule has 0 radical (unpaired) electrons. The van der Waals surface area contributed by atoms with Crippen LogP contribution < -0.4 is 4.74 Å². The molecule has 0 aliphatic carbocycles. The Labute approximate surface area is 179 Å². The molecule has 3 aromatic carbocycles. The van der Waals surface area contributed by atoms with Crippen molar-refractivity contribution in [2.24, 2.45) is 0 Å². The predicted molar refractivity (Wildman–Crippen MR) is 118 cm³/mol. The normalized spacial score (nSPS) is 10.6. The third-order valence-electron chi connectivity index (χ3n) is 4.24. The molecule has 0 N–H and O–H groups in total. The number of hydrogen-bond acceptors (Lipinski definition) is 6. The van der Waals surface area contributed by atoms with Crippen molar-refractivity contribution in [3.8, 4) is 28.5 Å². The van der Waals surface area contributed by atoms with Gasteiger partial charge >= 0.3 is 5.97 Å². The van der Waals surface area contributed by atoms with E-state index in [-0.39, 0.29) is 0 Å². The minimum Gasteiger partial charge on any atom is -0.426 e. The van der Waals surface area contributed by atoms with Crippen molar-refractivity contribution in [2.75, 3.05) is 0 Å². The lowest BCUT2D eigenvalue weighted by Crippen LogP contribution is -2.05. The molecule has 1 aromatic heterocycles. The van der Waals surface area contributed by atoms with Gasteiger partial charge in [0.15, 0.2) is 16.8 Å². The van der Waals surface area contributed by atoms with Gasteiger partial charge in [0.1, 0.15) is 5.75 Å². The van der Waals surface area contributed by atoms with Gasteiger partial charge < -0.3 is 4.74 Å². The van der Waals surface area contributed by atoms with Crippen LogP contribution in [0.25, 0.3) is 22.8 Å². The largest absolute Gasteiger partial charge is 0.426 e. The third-order valence-corrected chi connectivity index (χ3v) is 5.16. The quantitative estimate of drug-likeness (QED) is 0.239. The van der Waals surface area contributed by atoms with E-state index in [1.165, 1.54) is 12.5 Å². The van der Waals surface area contributed by atoms with Gasteiger partial charge in [-0.15, -0.1) is 0 Å². The summed E-state index contributed by atoms with van der Waals surface area (Å²) in [5, 5.41) is 0.611. The van der Waals surface area contributed by atoms with Gasteiger partial charge in [-0.2, -0.15) is 0 Å². The van der Waals surface area contributed by atoms with Crippen molar-refractivity contribution >= 4 is 17.7 Å². The number of nitrogens with zero attached hydrogens (tertiary/aromatic N) is 3. The maximum atomic E-state index is 11.5. The van der Waals surface area contributed by atoms with Gasteiger partial charge in [-0.1, -0.05) is 84.6 Å². The Balaban J connectivity index is 1.75. The second-order valence-corrected chi connectivity index (χ2v) is 7.44. The highest BCUT2D eigenvalue weighted by atomic mass is 32.2. The first-order valence-electron chi connectivity index (χ1n) is 9.45. The summed E-state index contributed by atoms with van der Waals surface area (Å²) in [6.45, 7) is 1.38. The Morgan fingerprint density at radius 2 is 1.43 bits per heavy atom. The highest BCUT2D eigenvalue weighted by molar-refractivity contribution is 7.98. The van der Waals surface area contributed by atoms with Crippen molar-refractivity contribution in [3.63, 3.8) is 0 Å². The summed E-state index contributed by atoms with van der Waals surface area (Å²) in [7, 11) is 0. The Morgan fingerprint density at radius 1 is 0.800 bits per heavy atom. The molecule has 0 aliphatic rings. The van der Waals surface area contributed by atoms with Gasteiger partial charge in [-0.3, -0.25) is 4.79 Å². The molecule has 0 unspecified atom stereocenters. The van der Waals surface area contributed by atoms with Crippen LogP contribution in [0.4, 0.5) is 0 Å². The smallest absolute Gasteiger partial charge is 0.308 e. The number of rotatable bonds is 6. The number of para-hydroxylation sites is 1. The molecular weight excluding hydrogens is 394 g/mol. The number of ether oxygens (including phenoxy) is 1. The van der Waals surface area contributed by atoms with Crippen molar-refractivity contribution in [1.82, 2.24) is 15.0 Å². The van der Waals surface area contributed by atoms with Gasteiger partial charge in [-0.25, -0.2) is 15.0 Å². The van der Waals surface area contributed by atoms with Gasteiger partial charge in [0.2, 0.25) is 0 Å². The molecule has 4 rings (SSSR count). The predicted octanol–water partition coefficient (Wildman–Crippen LogP) is 5.42. The minimum atomic E-state index is -0.390. The first-order chi connectivity index (χ1) is 14.7. The molecular formula is C24H19N3O2S. The van der Waals surface area contributed by atoms with Crippen LogP contribution in [0.3, 0.4) is 0 Å². The van der Waals surface area contributed by atoms with Crippen LogP contribution in [0.15, 0.2) is 90.1 Å². The Kier molecular flexibility index (Phi) is 6.15. The summed E-state index contributed by atoms with van der Waals surface area (Å²) in [6, 6.07) is 27.2. The molecule has 0 saturated heterocycles. The number of carbonyl (C=O) groups excluding carboxylic acids is 1. The van der Waals surface area contributed by atoms with Crippen molar-refractivity contribution in [2.45, 2.75) is 17.8 Å². The summed E-state index contributed by atoms with van der Waals surface area (Å²) in [5.74, 6) is 1.82. The molecule has 5 nitrogen and oxygen atoms in total. The van der Waals surface area contributed by atoms with E-state index >= 15 is 0 Å². The fraction of sp³-hybridized carbons (Fsp3) is 0.0833. The second kappa shape index (κ2) is 9.33. The number of thioether (sulfide) groups is 1. The van der Waals surface area contributed by atoms with E-state index in [1.54, 1.807) is 17.8 Å². The maximum absolute atomic E-state index is 11.5. The maximum Gasteiger partial charge on any atom is 0.308 e. The number of hydrogen-bond donors (Lipinski definition) is 0. The zero-order chi connectivity index (χ0) is 20.8. The molecule has 0 bridgehead atoms. The van der Waals surface area contributed by atoms with E-state index in [4.69, 9.17) is 4.74 Å². The zero-order valence-electron chi connectivity index (χ0n) is 16.4. The van der Waals surface area contributed by atoms with Crippen LogP contribution in [0.5, 0.6) is 5.75 Å². The molecule has 4 aromatic rings. The van der Waals surface area contributed by atoms with E-state index in [1.807, 2.05) is 66.7 Å². The highest BCUT2D eigenvalue weighted by Crippen LogP contribution is 2.31. The monoisotopic (exact) mass is 413 g/mol. The van der Waals surface area contributed by atoms with Gasteiger partial charge in [0, 0.05) is 18.2 Å². The Bertz CT molecular complexity index is 1150. The summed E-state index contributed by atoms with van der Waals surface area (Å²) in [5.41, 5.74) is 2.73. The lowest BCUT2D eigenvalue weighted by Gasteiger charge is -2.10. The van der Waals surface area contributed by atoms with E-state index in [2.05, 4.69) is 27.1 Å². The van der Waals surface area contributed by atoms with Crippen LogP contribution in [0.1, 0.15) is 12.5 Å². The van der Waals surface area contributed by atoms with Crippen molar-refractivity contribution in [3.05, 3.63) is 90.5 Å². The summed E-state index contributed by atoms with van der Waals surface area (Å²) in [6.07, 6.45) is 0. The average Bonchev–Trinajstić information content (AvgIpc) is 2.79. The molecule has 1 heterocycles. The van der Waals surface area contributed by atoms with E-state index in [0.717, 1.165) is 11.3 Å². The second-order valence-electron chi connectivity index (χ2n) is 6.50. The first-order valence-corrected chi connectivity index (χ1v) is 10.4. The fourth-order valence-electron chi connectivity index (χ4n) is 2.88. The van der Waals surface area contributed by atoms with E-state index in [0.29, 0.717) is 28.1 Å². The lowest BCUT2D eigenvalue weighted by molar-refractivity contribution is -0.131. The van der Waals surface area contributed by atoms with Crippen molar-refractivity contribution < 1.29 is 9.53 Å². The highest BCUT2D eigenvalue weighted by Gasteiger charge is 2.15. The van der Waals surface area contributed by atoms with Gasteiger partial charge in [-0.05, 0) is 17.7 Å². The topological polar surface area (TPSA) is 65.0 Å². The number of carbonyl (C=O) groups is 1. The lowest BCUT2D eigenvalue weighted by atomic mass is 10.1. The minimum absolute atomic E-state index is 0.390. The van der Waals surface area contributed by atoms with Gasteiger partial charge in [0.05, 0.1) is 5.56 Å². The molecule has 0 spiro atoms. The molecule has 0 amide bonds. The van der Waals surface area contributed by atoms with Crippen LogP contribution in [0, 0.1) is 0 Å². The Hall–Kier alpha value is -3.51. The molecule has 6 heteroatoms. The average molecular weight is 414 g/mol. The van der Waals surface area contributed by atoms with Crippen molar-refractivity contribution in [1.29, 1.82) is 0 Å². The molecule has 0 fully saturated rings. The molecule has 30 heavy (non-hydrogen) atoms. The summed E-state index contributed by atoms with van der Waals surface area (Å²) >= 11 is 1.54. The van der Waals surface area contributed by atoms with E-state index in [9.17, 15) is 4.79 Å². The summed E-state index contributed by atoms with van der Waals surface area (Å²) < 4.78 is 5.37. The molecule has 0 saturated carbocycles. The fourth-order valence-corrected chi connectivity index (χ4v) is 3.67. The van der Waals surface area contributed by atoms with Crippen LogP contribution in [-0.2, 0) is 10.5 Å². The number of aromatic nitrogens is 3.